The quantitative estimate of drug-likeness (QED) is 0.629. The Kier molecular flexibility index (Phi) is 4.70. The molecule has 1 amide bonds. The number of benzene rings is 1. The highest BCUT2D eigenvalue weighted by Gasteiger charge is 2.11. The van der Waals surface area contributed by atoms with E-state index in [0.717, 1.165) is 0 Å². The van der Waals surface area contributed by atoms with E-state index in [1.165, 1.54) is 0 Å². The second-order valence-electron chi connectivity index (χ2n) is 3.19. The molecule has 0 unspecified atom stereocenters. The Morgan fingerprint density at radius 2 is 2.12 bits per heavy atom. The summed E-state index contributed by atoms with van der Waals surface area (Å²) in [5, 5.41) is 11.3. The number of esters is 1. The van der Waals surface area contributed by atoms with Gasteiger partial charge in [0, 0.05) is 0 Å². The van der Waals surface area contributed by atoms with Gasteiger partial charge in [0.25, 0.3) is 0 Å². The Hall–Kier alpha value is -2.35. The van der Waals surface area contributed by atoms with Crippen molar-refractivity contribution in [3.8, 4) is 6.07 Å². The Morgan fingerprint density at radius 3 is 2.76 bits per heavy atom. The van der Waals surface area contributed by atoms with Crippen molar-refractivity contribution in [1.29, 1.82) is 5.26 Å². The van der Waals surface area contributed by atoms with Gasteiger partial charge in [-0.25, -0.2) is 0 Å². The number of amides is 1. The smallest absolute Gasteiger partial charge is 0.315 e. The Labute approximate surface area is 99.0 Å². The van der Waals surface area contributed by atoms with Gasteiger partial charge in [0.1, 0.15) is 12.5 Å². The average molecular weight is 232 g/mol. The first kappa shape index (κ1) is 12.7. The van der Waals surface area contributed by atoms with Crippen LogP contribution in [0.3, 0.4) is 0 Å². The number of hydrogen-bond donors (Lipinski definition) is 1. The molecule has 0 bridgehead atoms. The van der Waals surface area contributed by atoms with Gasteiger partial charge in [-0.2, -0.15) is 5.26 Å². The molecule has 0 fully saturated rings. The highest BCUT2D eigenvalue weighted by molar-refractivity contribution is 6.02. The van der Waals surface area contributed by atoms with Crippen LogP contribution < -0.4 is 5.32 Å². The van der Waals surface area contributed by atoms with Gasteiger partial charge < -0.3 is 10.1 Å². The predicted octanol–water partition coefficient (Wildman–Crippen LogP) is 1.45. The molecular weight excluding hydrogens is 220 g/mol. The lowest BCUT2D eigenvalue weighted by Gasteiger charge is -2.06. The number of rotatable bonds is 4. The molecule has 0 radical (unpaired) electrons. The summed E-state index contributed by atoms with van der Waals surface area (Å²) in [6.07, 6.45) is -0.354. The van der Waals surface area contributed by atoms with Crippen LogP contribution in [0.15, 0.2) is 24.3 Å². The van der Waals surface area contributed by atoms with Gasteiger partial charge >= 0.3 is 5.97 Å². The van der Waals surface area contributed by atoms with Gasteiger partial charge in [0.2, 0.25) is 5.91 Å². The largest absolute Gasteiger partial charge is 0.466 e. The van der Waals surface area contributed by atoms with E-state index in [1.807, 2.05) is 6.07 Å². The molecule has 1 aromatic rings. The third kappa shape index (κ3) is 3.95. The molecule has 0 aliphatic carbocycles. The van der Waals surface area contributed by atoms with Crippen LogP contribution in [0.2, 0.25) is 0 Å². The second-order valence-corrected chi connectivity index (χ2v) is 3.19. The van der Waals surface area contributed by atoms with Crippen molar-refractivity contribution in [3.63, 3.8) is 0 Å². The third-order valence-electron chi connectivity index (χ3n) is 1.93. The summed E-state index contributed by atoms with van der Waals surface area (Å²) in [6.45, 7) is 1.90. The predicted molar refractivity (Wildman–Crippen MR) is 61.0 cm³/mol. The molecule has 1 rings (SSSR count). The number of nitriles is 1. The monoisotopic (exact) mass is 232 g/mol. The minimum absolute atomic E-state index is 0.237. The van der Waals surface area contributed by atoms with E-state index >= 15 is 0 Å². The number of anilines is 1. The molecule has 1 N–H and O–H groups in total. The molecule has 88 valence electrons. The van der Waals surface area contributed by atoms with E-state index < -0.39 is 11.9 Å². The zero-order chi connectivity index (χ0) is 12.7. The standard InChI is InChI=1S/C12H12N2O3/c1-2-17-12(16)7-11(15)14-10-6-4-3-5-9(10)8-13/h3-6H,2,7H2,1H3,(H,14,15). The molecular formula is C12H12N2O3. The average Bonchev–Trinajstić information content (AvgIpc) is 2.29. The van der Waals surface area contributed by atoms with Gasteiger partial charge in [0.05, 0.1) is 17.9 Å². The van der Waals surface area contributed by atoms with Crippen molar-refractivity contribution >= 4 is 17.6 Å². The molecule has 0 aliphatic heterocycles. The molecule has 5 nitrogen and oxygen atoms in total. The topological polar surface area (TPSA) is 79.2 Å². The van der Waals surface area contributed by atoms with E-state index in [2.05, 4.69) is 10.1 Å². The number of hydrogen-bond acceptors (Lipinski definition) is 4. The maximum Gasteiger partial charge on any atom is 0.315 e. The van der Waals surface area contributed by atoms with Gasteiger partial charge in [-0.3, -0.25) is 9.59 Å². The molecule has 1 aromatic carbocycles. The fraction of sp³-hybridized carbons (Fsp3) is 0.250. The molecule has 17 heavy (non-hydrogen) atoms. The van der Waals surface area contributed by atoms with Crippen molar-refractivity contribution in [2.75, 3.05) is 11.9 Å². The minimum Gasteiger partial charge on any atom is -0.466 e. The molecule has 0 heterocycles. The van der Waals surface area contributed by atoms with E-state index in [4.69, 9.17) is 5.26 Å². The third-order valence-corrected chi connectivity index (χ3v) is 1.93. The van der Waals surface area contributed by atoms with Crippen molar-refractivity contribution in [1.82, 2.24) is 0 Å². The van der Waals surface area contributed by atoms with Crippen LogP contribution in [0.1, 0.15) is 18.9 Å². The van der Waals surface area contributed by atoms with Crippen LogP contribution >= 0.6 is 0 Å². The maximum atomic E-state index is 11.4. The normalized spacial score (nSPS) is 9.18. The Balaban J connectivity index is 2.63. The van der Waals surface area contributed by atoms with Crippen LogP contribution in [0, 0.1) is 11.3 Å². The lowest BCUT2D eigenvalue weighted by Crippen LogP contribution is -2.18. The molecule has 0 aliphatic rings. The van der Waals surface area contributed by atoms with Crippen molar-refractivity contribution < 1.29 is 14.3 Å². The van der Waals surface area contributed by atoms with Crippen LogP contribution in [0.25, 0.3) is 0 Å². The summed E-state index contributed by atoms with van der Waals surface area (Å²) in [5.74, 6) is -1.08. The van der Waals surface area contributed by atoms with Gasteiger partial charge in [0.15, 0.2) is 0 Å². The first-order valence-electron chi connectivity index (χ1n) is 5.12. The number of nitrogens with one attached hydrogen (secondary N) is 1. The summed E-state index contributed by atoms with van der Waals surface area (Å²) < 4.78 is 4.64. The highest BCUT2D eigenvalue weighted by atomic mass is 16.5. The first-order chi connectivity index (χ1) is 8.17. The molecule has 5 heteroatoms. The lowest BCUT2D eigenvalue weighted by molar-refractivity contribution is -0.145. The number of carbonyl (C=O) groups is 2. The maximum absolute atomic E-state index is 11.4. The number of nitrogens with zero attached hydrogens (tertiary/aromatic N) is 1. The second kappa shape index (κ2) is 6.28. The van der Waals surface area contributed by atoms with Crippen molar-refractivity contribution in [3.05, 3.63) is 29.8 Å². The van der Waals surface area contributed by atoms with Crippen molar-refractivity contribution in [2.45, 2.75) is 13.3 Å². The molecule has 0 atom stereocenters. The Bertz CT molecular complexity index is 463. The molecule has 0 saturated heterocycles. The summed E-state index contributed by atoms with van der Waals surface area (Å²) in [5.41, 5.74) is 0.744. The van der Waals surface area contributed by atoms with Crippen LogP contribution in [0.4, 0.5) is 5.69 Å². The summed E-state index contributed by atoms with van der Waals surface area (Å²) in [7, 11) is 0. The molecule has 0 spiro atoms. The van der Waals surface area contributed by atoms with Gasteiger partial charge in [-0.05, 0) is 19.1 Å². The van der Waals surface area contributed by atoms with E-state index in [9.17, 15) is 9.59 Å². The van der Waals surface area contributed by atoms with Crippen LogP contribution in [-0.4, -0.2) is 18.5 Å². The number of carbonyl (C=O) groups excluding carboxylic acids is 2. The van der Waals surface area contributed by atoms with Crippen LogP contribution in [-0.2, 0) is 14.3 Å². The van der Waals surface area contributed by atoms with Crippen molar-refractivity contribution in [2.24, 2.45) is 0 Å². The summed E-state index contributed by atoms with van der Waals surface area (Å²) >= 11 is 0. The Morgan fingerprint density at radius 1 is 1.41 bits per heavy atom. The fourth-order valence-corrected chi connectivity index (χ4v) is 1.23. The zero-order valence-corrected chi connectivity index (χ0v) is 9.40. The van der Waals surface area contributed by atoms with E-state index in [1.54, 1.807) is 31.2 Å². The van der Waals surface area contributed by atoms with Gasteiger partial charge in [-0.1, -0.05) is 12.1 Å². The number of para-hydroxylation sites is 1. The first-order valence-corrected chi connectivity index (χ1v) is 5.12. The molecule has 0 saturated carbocycles. The zero-order valence-electron chi connectivity index (χ0n) is 9.40. The van der Waals surface area contributed by atoms with E-state index in [0.29, 0.717) is 11.3 Å². The van der Waals surface area contributed by atoms with Crippen LogP contribution in [0.5, 0.6) is 0 Å². The lowest BCUT2D eigenvalue weighted by atomic mass is 10.2. The van der Waals surface area contributed by atoms with Gasteiger partial charge in [-0.15, -0.1) is 0 Å². The highest BCUT2D eigenvalue weighted by Crippen LogP contribution is 2.13. The number of ether oxygens (including phenoxy) is 1. The SMILES string of the molecule is CCOC(=O)CC(=O)Nc1ccccc1C#N. The fourth-order valence-electron chi connectivity index (χ4n) is 1.23. The summed E-state index contributed by atoms with van der Waals surface area (Å²) in [6, 6.07) is 8.52. The molecule has 0 aromatic heterocycles. The van der Waals surface area contributed by atoms with E-state index in [-0.39, 0.29) is 13.0 Å². The summed E-state index contributed by atoms with van der Waals surface area (Å²) in [4.78, 5) is 22.5. The minimum atomic E-state index is -0.584.